The summed E-state index contributed by atoms with van der Waals surface area (Å²) in [5.41, 5.74) is 0.954. The fraction of sp³-hybridized carbons (Fsp3) is 0.688. The van der Waals surface area contributed by atoms with Gasteiger partial charge in [-0.3, -0.25) is 10.1 Å². The molecule has 20 heavy (non-hydrogen) atoms. The van der Waals surface area contributed by atoms with Crippen molar-refractivity contribution in [2.75, 3.05) is 0 Å². The Hall–Kier alpha value is -0.870. The summed E-state index contributed by atoms with van der Waals surface area (Å²) in [4.78, 5) is 15.2. The van der Waals surface area contributed by atoms with E-state index in [2.05, 4.69) is 47.8 Å². The van der Waals surface area contributed by atoms with Crippen LogP contribution in [0.15, 0.2) is 16.8 Å². The van der Waals surface area contributed by atoms with Crippen LogP contribution in [0.1, 0.15) is 58.2 Å². The fourth-order valence-corrected chi connectivity index (χ4v) is 4.19. The largest absolute Gasteiger partial charge is 0.318 e. The van der Waals surface area contributed by atoms with Crippen LogP contribution in [-0.4, -0.2) is 22.4 Å². The molecule has 0 radical (unpaired) electrons. The predicted octanol–water partition coefficient (Wildman–Crippen LogP) is 3.54. The summed E-state index contributed by atoms with van der Waals surface area (Å²) in [5, 5.41) is 7.95. The standard InChI is InChI=1S/C16H24N2OS/c1-11(2)12(3)18-14(13-6-9-20-10-13)17-16(15(18)19)7-4-5-8-16/h6,9-12,14,17H,4-5,7-8H2,1-3H3. The Morgan fingerprint density at radius 2 is 2.05 bits per heavy atom. The molecule has 0 aromatic carbocycles. The molecular weight excluding hydrogens is 268 g/mol. The minimum atomic E-state index is -0.282. The van der Waals surface area contributed by atoms with Crippen molar-refractivity contribution in [3.63, 3.8) is 0 Å². The van der Waals surface area contributed by atoms with E-state index in [0.29, 0.717) is 11.8 Å². The third-order valence-electron chi connectivity index (χ3n) is 5.05. The minimum Gasteiger partial charge on any atom is -0.318 e. The SMILES string of the molecule is CC(C)C(C)N1C(=O)C2(CCCC2)NC1c1ccsc1. The van der Waals surface area contributed by atoms with E-state index < -0.39 is 0 Å². The lowest BCUT2D eigenvalue weighted by molar-refractivity contribution is -0.136. The quantitative estimate of drug-likeness (QED) is 0.924. The van der Waals surface area contributed by atoms with Gasteiger partial charge in [0.15, 0.2) is 0 Å². The van der Waals surface area contributed by atoms with Crippen molar-refractivity contribution in [2.45, 2.75) is 64.2 Å². The highest BCUT2D eigenvalue weighted by atomic mass is 32.1. The second-order valence-electron chi connectivity index (χ2n) is 6.59. The van der Waals surface area contributed by atoms with Gasteiger partial charge >= 0.3 is 0 Å². The van der Waals surface area contributed by atoms with Crippen molar-refractivity contribution < 1.29 is 4.79 Å². The third-order valence-corrected chi connectivity index (χ3v) is 5.76. The van der Waals surface area contributed by atoms with Gasteiger partial charge in [-0.1, -0.05) is 26.7 Å². The minimum absolute atomic E-state index is 0.0595. The van der Waals surface area contributed by atoms with E-state index >= 15 is 0 Å². The molecule has 1 saturated heterocycles. The van der Waals surface area contributed by atoms with Gasteiger partial charge in [-0.25, -0.2) is 0 Å². The molecule has 2 fully saturated rings. The van der Waals surface area contributed by atoms with Crippen LogP contribution in [0.5, 0.6) is 0 Å². The Balaban J connectivity index is 1.96. The van der Waals surface area contributed by atoms with Crippen LogP contribution in [0, 0.1) is 5.92 Å². The zero-order valence-electron chi connectivity index (χ0n) is 12.6. The van der Waals surface area contributed by atoms with Crippen LogP contribution < -0.4 is 5.32 Å². The number of carbonyl (C=O) groups is 1. The van der Waals surface area contributed by atoms with Crippen LogP contribution >= 0.6 is 11.3 Å². The van der Waals surface area contributed by atoms with E-state index in [4.69, 9.17) is 0 Å². The number of rotatable bonds is 3. The van der Waals surface area contributed by atoms with Crippen LogP contribution in [0.2, 0.25) is 0 Å². The Bertz CT molecular complexity index is 477. The first-order chi connectivity index (χ1) is 9.55. The van der Waals surface area contributed by atoms with Crippen molar-refractivity contribution in [2.24, 2.45) is 5.92 Å². The van der Waals surface area contributed by atoms with Gasteiger partial charge in [-0.2, -0.15) is 11.3 Å². The molecule has 1 aromatic heterocycles. The van der Waals surface area contributed by atoms with Crippen LogP contribution in [0.25, 0.3) is 0 Å². The second kappa shape index (κ2) is 5.15. The second-order valence-corrected chi connectivity index (χ2v) is 7.37. The molecule has 2 atom stereocenters. The van der Waals surface area contributed by atoms with Gasteiger partial charge < -0.3 is 4.90 Å². The van der Waals surface area contributed by atoms with E-state index in [1.807, 2.05) is 0 Å². The lowest BCUT2D eigenvalue weighted by atomic mass is 9.96. The zero-order valence-corrected chi connectivity index (χ0v) is 13.4. The summed E-state index contributed by atoms with van der Waals surface area (Å²) in [5.74, 6) is 0.797. The summed E-state index contributed by atoms with van der Waals surface area (Å²) >= 11 is 1.70. The molecule has 4 heteroatoms. The van der Waals surface area contributed by atoms with Gasteiger partial charge in [0, 0.05) is 6.04 Å². The molecule has 0 bridgehead atoms. The summed E-state index contributed by atoms with van der Waals surface area (Å²) in [6, 6.07) is 2.41. The number of thiophene rings is 1. The van der Waals surface area contributed by atoms with Gasteiger partial charge in [-0.05, 0) is 48.1 Å². The van der Waals surface area contributed by atoms with Gasteiger partial charge in [-0.15, -0.1) is 0 Å². The number of hydrogen-bond donors (Lipinski definition) is 1. The molecule has 3 rings (SSSR count). The smallest absolute Gasteiger partial charge is 0.244 e. The molecule has 2 heterocycles. The molecule has 3 nitrogen and oxygen atoms in total. The highest BCUT2D eigenvalue weighted by molar-refractivity contribution is 7.07. The van der Waals surface area contributed by atoms with Crippen LogP contribution in [0.4, 0.5) is 0 Å². The Labute approximate surface area is 125 Å². The van der Waals surface area contributed by atoms with Crippen LogP contribution in [0.3, 0.4) is 0 Å². The van der Waals surface area contributed by atoms with Gasteiger partial charge in [0.1, 0.15) is 6.17 Å². The van der Waals surface area contributed by atoms with Crippen molar-refractivity contribution in [1.82, 2.24) is 10.2 Å². The number of nitrogens with zero attached hydrogens (tertiary/aromatic N) is 1. The maximum absolute atomic E-state index is 13.0. The first-order valence-corrected chi connectivity index (χ1v) is 8.62. The predicted molar refractivity (Wildman–Crippen MR) is 82.5 cm³/mol. The lowest BCUT2D eigenvalue weighted by Crippen LogP contribution is -2.46. The van der Waals surface area contributed by atoms with E-state index in [1.165, 1.54) is 18.4 Å². The summed E-state index contributed by atoms with van der Waals surface area (Å²) in [7, 11) is 0. The Morgan fingerprint density at radius 1 is 1.35 bits per heavy atom. The van der Waals surface area contributed by atoms with Gasteiger partial charge in [0.2, 0.25) is 5.91 Å². The molecule has 1 aliphatic heterocycles. The molecule has 1 aliphatic carbocycles. The maximum atomic E-state index is 13.0. The van der Waals surface area contributed by atoms with Crippen molar-refractivity contribution in [3.05, 3.63) is 22.4 Å². The van der Waals surface area contributed by atoms with Crippen molar-refractivity contribution in [3.8, 4) is 0 Å². The van der Waals surface area contributed by atoms with Crippen molar-refractivity contribution in [1.29, 1.82) is 0 Å². The first kappa shape index (κ1) is 14.1. The van der Waals surface area contributed by atoms with Crippen LogP contribution in [-0.2, 0) is 4.79 Å². The van der Waals surface area contributed by atoms with E-state index in [0.717, 1.165) is 12.8 Å². The Kier molecular flexibility index (Phi) is 3.63. The maximum Gasteiger partial charge on any atom is 0.244 e. The summed E-state index contributed by atoms with van der Waals surface area (Å²) in [6.45, 7) is 6.57. The lowest BCUT2D eigenvalue weighted by Gasteiger charge is -2.32. The molecular formula is C16H24N2OS. The number of amides is 1. The molecule has 1 amide bonds. The molecule has 110 valence electrons. The third kappa shape index (κ3) is 2.09. The molecule has 1 spiro atoms. The highest BCUT2D eigenvalue weighted by Gasteiger charge is 2.54. The summed E-state index contributed by atoms with van der Waals surface area (Å²) < 4.78 is 0. The number of hydrogen-bond acceptors (Lipinski definition) is 3. The fourth-order valence-electron chi connectivity index (χ4n) is 3.51. The average Bonchev–Trinajstić information content (AvgIpc) is 3.13. The molecule has 1 N–H and O–H groups in total. The average molecular weight is 292 g/mol. The molecule has 2 unspecified atom stereocenters. The van der Waals surface area contributed by atoms with Gasteiger partial charge in [0.25, 0.3) is 0 Å². The number of nitrogens with one attached hydrogen (secondary N) is 1. The number of carbonyl (C=O) groups excluding carboxylic acids is 1. The van der Waals surface area contributed by atoms with Crippen molar-refractivity contribution >= 4 is 17.2 Å². The molecule has 2 aliphatic rings. The van der Waals surface area contributed by atoms with E-state index in [9.17, 15) is 4.79 Å². The normalized spacial score (nSPS) is 26.9. The molecule has 1 aromatic rings. The van der Waals surface area contributed by atoms with E-state index in [1.54, 1.807) is 11.3 Å². The zero-order chi connectivity index (χ0) is 14.3. The molecule has 1 saturated carbocycles. The first-order valence-electron chi connectivity index (χ1n) is 7.68. The topological polar surface area (TPSA) is 32.3 Å². The Morgan fingerprint density at radius 3 is 2.60 bits per heavy atom. The monoisotopic (exact) mass is 292 g/mol. The summed E-state index contributed by atoms with van der Waals surface area (Å²) in [6.07, 6.45) is 4.38. The van der Waals surface area contributed by atoms with E-state index in [-0.39, 0.29) is 17.7 Å². The van der Waals surface area contributed by atoms with Gasteiger partial charge in [0.05, 0.1) is 5.54 Å². The highest BCUT2D eigenvalue weighted by Crippen LogP contribution is 2.42.